The van der Waals surface area contributed by atoms with Crippen molar-refractivity contribution >= 4 is 21.9 Å². The molecular weight excluding hydrogens is 486 g/mol. The van der Waals surface area contributed by atoms with Crippen molar-refractivity contribution in [2.75, 3.05) is 18.9 Å². The largest absolute Gasteiger partial charge is 0.481 e. The standard InChI is InChI=1S/C24H27N5O6S/c30-22(31)12-15-36(33,34)23-26-27-28-29(23)14-7-1-6-13-25-24(32)35-16-21-19-10-4-2-8-17(19)18-9-3-5-11-20(18)21/h2-5,8-11,21H,1,6-7,12-16H2,(H,25,32)(H,30,31). The molecule has 0 unspecified atom stereocenters. The number of benzene rings is 2. The van der Waals surface area contributed by atoms with Gasteiger partial charge < -0.3 is 15.2 Å². The summed E-state index contributed by atoms with van der Waals surface area (Å²) in [6.45, 7) is 0.925. The number of carbonyl (C=O) groups excluding carboxylic acids is 1. The minimum Gasteiger partial charge on any atom is -0.481 e. The number of hydrogen-bond acceptors (Lipinski definition) is 8. The fourth-order valence-corrected chi connectivity index (χ4v) is 5.51. The molecule has 190 valence electrons. The molecule has 0 saturated carbocycles. The molecule has 0 bridgehead atoms. The molecule has 1 heterocycles. The zero-order chi connectivity index (χ0) is 25.5. The molecule has 1 amide bonds. The lowest BCUT2D eigenvalue weighted by atomic mass is 9.98. The lowest BCUT2D eigenvalue weighted by Gasteiger charge is -2.14. The van der Waals surface area contributed by atoms with Gasteiger partial charge in [-0.05, 0) is 51.9 Å². The van der Waals surface area contributed by atoms with Gasteiger partial charge in [0.15, 0.2) is 0 Å². The number of nitrogens with one attached hydrogen (secondary N) is 1. The number of amides is 1. The molecule has 0 radical (unpaired) electrons. The van der Waals surface area contributed by atoms with E-state index >= 15 is 0 Å². The van der Waals surface area contributed by atoms with Gasteiger partial charge >= 0.3 is 12.1 Å². The highest BCUT2D eigenvalue weighted by Crippen LogP contribution is 2.44. The Kier molecular flexibility index (Phi) is 7.93. The van der Waals surface area contributed by atoms with Gasteiger partial charge in [0.25, 0.3) is 5.16 Å². The molecule has 36 heavy (non-hydrogen) atoms. The number of alkyl carbamates (subject to hydrolysis) is 1. The van der Waals surface area contributed by atoms with Crippen molar-refractivity contribution in [1.29, 1.82) is 0 Å². The molecule has 2 aromatic carbocycles. The summed E-state index contributed by atoms with van der Waals surface area (Å²) in [7, 11) is -3.88. The molecular formula is C24H27N5O6S. The van der Waals surface area contributed by atoms with Crippen molar-refractivity contribution in [1.82, 2.24) is 25.5 Å². The number of aryl methyl sites for hydroxylation is 1. The molecule has 0 aliphatic heterocycles. The average molecular weight is 514 g/mol. The second-order valence-electron chi connectivity index (χ2n) is 8.46. The van der Waals surface area contributed by atoms with E-state index < -0.39 is 34.1 Å². The van der Waals surface area contributed by atoms with Gasteiger partial charge in [-0.2, -0.15) is 0 Å². The average Bonchev–Trinajstić information content (AvgIpc) is 3.47. The Labute approximate surface area is 208 Å². The van der Waals surface area contributed by atoms with Crippen LogP contribution in [0.15, 0.2) is 53.7 Å². The summed E-state index contributed by atoms with van der Waals surface area (Å²) < 4.78 is 31.1. The molecule has 4 rings (SSSR count). The summed E-state index contributed by atoms with van der Waals surface area (Å²) in [6.07, 6.45) is 0.936. The van der Waals surface area contributed by atoms with Crippen molar-refractivity contribution in [2.24, 2.45) is 0 Å². The molecule has 0 saturated heterocycles. The Morgan fingerprint density at radius 2 is 1.67 bits per heavy atom. The minimum atomic E-state index is -3.88. The summed E-state index contributed by atoms with van der Waals surface area (Å²) in [6, 6.07) is 16.3. The first-order valence-corrected chi connectivity index (χ1v) is 13.3. The normalized spacial score (nSPS) is 12.7. The highest BCUT2D eigenvalue weighted by atomic mass is 32.2. The van der Waals surface area contributed by atoms with Gasteiger partial charge in [0.1, 0.15) is 6.61 Å². The smallest absolute Gasteiger partial charge is 0.407 e. The zero-order valence-corrected chi connectivity index (χ0v) is 20.4. The Morgan fingerprint density at radius 3 is 2.33 bits per heavy atom. The van der Waals surface area contributed by atoms with Crippen LogP contribution in [0.1, 0.15) is 42.7 Å². The molecule has 0 spiro atoms. The number of nitrogens with zero attached hydrogens (tertiary/aromatic N) is 4. The second-order valence-corrected chi connectivity index (χ2v) is 10.5. The van der Waals surface area contributed by atoms with Gasteiger partial charge in [-0.3, -0.25) is 4.79 Å². The van der Waals surface area contributed by atoms with Crippen molar-refractivity contribution in [3.63, 3.8) is 0 Å². The Hall–Kier alpha value is -3.80. The van der Waals surface area contributed by atoms with E-state index in [9.17, 15) is 18.0 Å². The van der Waals surface area contributed by atoms with Gasteiger partial charge in [-0.25, -0.2) is 17.9 Å². The molecule has 0 atom stereocenters. The molecule has 1 aromatic heterocycles. The number of rotatable bonds is 12. The van der Waals surface area contributed by atoms with Crippen LogP contribution in [0.2, 0.25) is 0 Å². The molecule has 3 aromatic rings. The fraction of sp³-hybridized carbons (Fsp3) is 0.375. The van der Waals surface area contributed by atoms with Crippen LogP contribution in [0, 0.1) is 0 Å². The van der Waals surface area contributed by atoms with E-state index in [0.29, 0.717) is 25.8 Å². The van der Waals surface area contributed by atoms with E-state index in [0.717, 1.165) is 15.8 Å². The van der Waals surface area contributed by atoms with Crippen LogP contribution < -0.4 is 5.32 Å². The van der Waals surface area contributed by atoms with Crippen LogP contribution in [0.4, 0.5) is 4.79 Å². The molecule has 2 N–H and O–H groups in total. The maximum Gasteiger partial charge on any atom is 0.407 e. The quantitative estimate of drug-likeness (QED) is 0.348. The molecule has 12 heteroatoms. The zero-order valence-electron chi connectivity index (χ0n) is 19.5. The summed E-state index contributed by atoms with van der Waals surface area (Å²) in [5.41, 5.74) is 4.64. The van der Waals surface area contributed by atoms with E-state index in [1.165, 1.54) is 11.1 Å². The van der Waals surface area contributed by atoms with Gasteiger partial charge in [0.05, 0.1) is 12.2 Å². The molecule has 0 fully saturated rings. The highest BCUT2D eigenvalue weighted by molar-refractivity contribution is 7.91. The van der Waals surface area contributed by atoms with Gasteiger partial charge in [0, 0.05) is 19.0 Å². The minimum absolute atomic E-state index is 0.000382. The number of carboxylic acid groups (broad SMARTS) is 1. The SMILES string of the molecule is O=C(O)CCS(=O)(=O)c1nnnn1CCCCCNC(=O)OCC1c2ccccc2-c2ccccc21. The third kappa shape index (κ3) is 5.88. The number of hydrogen-bond donors (Lipinski definition) is 2. The number of fused-ring (bicyclic) bond motifs is 3. The first kappa shape index (κ1) is 25.3. The topological polar surface area (TPSA) is 153 Å². The van der Waals surface area contributed by atoms with E-state index in [2.05, 4.69) is 45.1 Å². The lowest BCUT2D eigenvalue weighted by Crippen LogP contribution is -2.27. The first-order chi connectivity index (χ1) is 17.4. The van der Waals surface area contributed by atoms with E-state index in [4.69, 9.17) is 9.84 Å². The van der Waals surface area contributed by atoms with E-state index in [-0.39, 0.29) is 24.2 Å². The monoisotopic (exact) mass is 513 g/mol. The lowest BCUT2D eigenvalue weighted by molar-refractivity contribution is -0.136. The molecule has 1 aliphatic carbocycles. The fourth-order valence-electron chi connectivity index (χ4n) is 4.28. The Balaban J connectivity index is 1.18. The maximum atomic E-state index is 12.2. The summed E-state index contributed by atoms with van der Waals surface area (Å²) >= 11 is 0. The number of sulfone groups is 1. The van der Waals surface area contributed by atoms with E-state index in [1.807, 2.05) is 24.3 Å². The van der Waals surface area contributed by atoms with Crippen LogP contribution in [0.25, 0.3) is 11.1 Å². The van der Waals surface area contributed by atoms with Gasteiger partial charge in [-0.15, -0.1) is 0 Å². The molecule has 1 aliphatic rings. The third-order valence-corrected chi connectivity index (χ3v) is 7.61. The van der Waals surface area contributed by atoms with Crippen LogP contribution in [0.3, 0.4) is 0 Å². The van der Waals surface area contributed by atoms with E-state index in [1.54, 1.807) is 0 Å². The number of carboxylic acids is 1. The maximum absolute atomic E-state index is 12.2. The second kappa shape index (κ2) is 11.3. The van der Waals surface area contributed by atoms with Crippen LogP contribution >= 0.6 is 0 Å². The summed E-state index contributed by atoms with van der Waals surface area (Å²) in [5, 5.41) is 21.8. The number of unbranched alkanes of at least 4 members (excludes halogenated alkanes) is 2. The summed E-state index contributed by atoms with van der Waals surface area (Å²) in [4.78, 5) is 22.9. The highest BCUT2D eigenvalue weighted by Gasteiger charge is 2.29. The number of ether oxygens (including phenoxy) is 1. The Morgan fingerprint density at radius 1 is 1.00 bits per heavy atom. The number of aliphatic carboxylic acids is 1. The van der Waals surface area contributed by atoms with Crippen LogP contribution in [-0.4, -0.2) is 64.7 Å². The predicted octanol–water partition coefficient (Wildman–Crippen LogP) is 2.63. The number of carbonyl (C=O) groups is 2. The first-order valence-electron chi connectivity index (χ1n) is 11.7. The van der Waals surface area contributed by atoms with Crippen LogP contribution in [0.5, 0.6) is 0 Å². The van der Waals surface area contributed by atoms with Crippen molar-refractivity contribution in [2.45, 2.75) is 43.3 Å². The third-order valence-electron chi connectivity index (χ3n) is 6.02. The van der Waals surface area contributed by atoms with Crippen LogP contribution in [-0.2, 0) is 25.9 Å². The van der Waals surface area contributed by atoms with Crippen molar-refractivity contribution in [3.05, 3.63) is 59.7 Å². The Bertz CT molecular complexity index is 1290. The molecule has 11 nitrogen and oxygen atoms in total. The number of tetrazole rings is 1. The summed E-state index contributed by atoms with van der Waals surface area (Å²) in [5.74, 6) is -1.77. The van der Waals surface area contributed by atoms with Gasteiger partial charge in [0.2, 0.25) is 9.84 Å². The van der Waals surface area contributed by atoms with Gasteiger partial charge in [-0.1, -0.05) is 53.6 Å². The predicted molar refractivity (Wildman–Crippen MR) is 129 cm³/mol. The number of aromatic nitrogens is 4. The van der Waals surface area contributed by atoms with Crippen molar-refractivity contribution < 1.29 is 27.9 Å². The van der Waals surface area contributed by atoms with Crippen molar-refractivity contribution in [3.8, 4) is 11.1 Å².